The predicted molar refractivity (Wildman–Crippen MR) is 36.7 cm³/mol. The zero-order valence-electron chi connectivity index (χ0n) is 5.80. The molecular weight excluding hydrogens is 130 g/mol. The highest BCUT2D eigenvalue weighted by atomic mass is 16.1. The van der Waals surface area contributed by atoms with Gasteiger partial charge in [-0.2, -0.15) is 0 Å². The lowest BCUT2D eigenvalue weighted by Crippen LogP contribution is -2.36. The van der Waals surface area contributed by atoms with Crippen LogP contribution in [0.1, 0.15) is 19.3 Å². The molecule has 0 aromatic heterocycles. The maximum atomic E-state index is 11.0. The summed E-state index contributed by atoms with van der Waals surface area (Å²) in [4.78, 5) is 21.2. The van der Waals surface area contributed by atoms with Gasteiger partial charge in [0.15, 0.2) is 5.78 Å². The quantitative estimate of drug-likeness (QED) is 0.409. The second kappa shape index (κ2) is 3.46. The second-order valence-corrected chi connectivity index (χ2v) is 2.49. The SMILES string of the molecule is O=CC1NCCCCC1=O. The summed E-state index contributed by atoms with van der Waals surface area (Å²) in [6.07, 6.45) is 3.15. The summed E-state index contributed by atoms with van der Waals surface area (Å²) in [6.45, 7) is 0.787. The van der Waals surface area contributed by atoms with Crippen LogP contribution in [0.15, 0.2) is 0 Å². The number of aldehydes is 1. The molecular formula is C7H11NO2. The van der Waals surface area contributed by atoms with E-state index in [9.17, 15) is 9.59 Å². The Hall–Kier alpha value is -0.700. The van der Waals surface area contributed by atoms with Gasteiger partial charge >= 0.3 is 0 Å². The molecule has 0 aromatic rings. The summed E-state index contributed by atoms with van der Waals surface area (Å²) in [5.74, 6) is 0.0347. The van der Waals surface area contributed by atoms with Gasteiger partial charge in [-0.25, -0.2) is 0 Å². The molecule has 1 atom stereocenters. The fourth-order valence-corrected chi connectivity index (χ4v) is 1.08. The van der Waals surface area contributed by atoms with Crippen LogP contribution in [0.4, 0.5) is 0 Å². The Kier molecular flexibility index (Phi) is 2.57. The van der Waals surface area contributed by atoms with Gasteiger partial charge in [0.25, 0.3) is 0 Å². The van der Waals surface area contributed by atoms with Gasteiger partial charge in [-0.3, -0.25) is 4.79 Å². The molecule has 0 aromatic carbocycles. The van der Waals surface area contributed by atoms with Crippen LogP contribution < -0.4 is 5.32 Å². The van der Waals surface area contributed by atoms with Crippen molar-refractivity contribution < 1.29 is 9.59 Å². The molecule has 0 amide bonds. The van der Waals surface area contributed by atoms with E-state index in [1.54, 1.807) is 0 Å². The van der Waals surface area contributed by atoms with Crippen molar-refractivity contribution in [3.05, 3.63) is 0 Å². The molecule has 3 nitrogen and oxygen atoms in total. The van der Waals surface area contributed by atoms with Gasteiger partial charge in [-0.1, -0.05) is 0 Å². The molecule has 0 spiro atoms. The van der Waals surface area contributed by atoms with Crippen LogP contribution in [0, 0.1) is 0 Å². The highest BCUT2D eigenvalue weighted by Gasteiger charge is 2.18. The summed E-state index contributed by atoms with van der Waals surface area (Å²) >= 11 is 0. The van der Waals surface area contributed by atoms with Crippen LogP contribution in [-0.4, -0.2) is 24.7 Å². The molecule has 1 rings (SSSR count). The Bertz CT molecular complexity index is 145. The molecule has 1 heterocycles. The minimum atomic E-state index is -0.525. The van der Waals surface area contributed by atoms with E-state index < -0.39 is 6.04 Å². The van der Waals surface area contributed by atoms with E-state index in [-0.39, 0.29) is 5.78 Å². The lowest BCUT2D eigenvalue weighted by Gasteiger charge is -2.04. The molecule has 1 aliphatic heterocycles. The summed E-state index contributed by atoms with van der Waals surface area (Å²) < 4.78 is 0. The Labute approximate surface area is 59.8 Å². The molecule has 0 radical (unpaired) electrons. The van der Waals surface area contributed by atoms with Crippen molar-refractivity contribution >= 4 is 12.1 Å². The largest absolute Gasteiger partial charge is 0.302 e. The van der Waals surface area contributed by atoms with Crippen LogP contribution in [0.3, 0.4) is 0 Å². The first-order valence-electron chi connectivity index (χ1n) is 3.56. The van der Waals surface area contributed by atoms with Gasteiger partial charge in [0.2, 0.25) is 0 Å². The maximum absolute atomic E-state index is 11.0. The Balaban J connectivity index is 2.51. The first-order valence-corrected chi connectivity index (χ1v) is 3.56. The molecule has 0 bridgehead atoms. The smallest absolute Gasteiger partial charge is 0.157 e. The van der Waals surface area contributed by atoms with E-state index >= 15 is 0 Å². The lowest BCUT2D eigenvalue weighted by molar-refractivity contribution is -0.124. The van der Waals surface area contributed by atoms with E-state index in [1.165, 1.54) is 0 Å². The van der Waals surface area contributed by atoms with Gasteiger partial charge in [0, 0.05) is 6.42 Å². The van der Waals surface area contributed by atoms with Gasteiger partial charge in [-0.05, 0) is 19.4 Å². The van der Waals surface area contributed by atoms with Gasteiger partial charge < -0.3 is 10.1 Å². The second-order valence-electron chi connectivity index (χ2n) is 2.49. The van der Waals surface area contributed by atoms with E-state index in [0.717, 1.165) is 19.4 Å². The fourth-order valence-electron chi connectivity index (χ4n) is 1.08. The zero-order chi connectivity index (χ0) is 7.40. The first-order chi connectivity index (χ1) is 4.84. The van der Waals surface area contributed by atoms with Crippen molar-refractivity contribution in [2.45, 2.75) is 25.3 Å². The van der Waals surface area contributed by atoms with Crippen molar-refractivity contribution in [2.24, 2.45) is 0 Å². The van der Waals surface area contributed by atoms with Crippen LogP contribution in [-0.2, 0) is 9.59 Å². The Morgan fingerprint density at radius 3 is 3.00 bits per heavy atom. The number of rotatable bonds is 1. The van der Waals surface area contributed by atoms with Crippen LogP contribution in [0.2, 0.25) is 0 Å². The molecule has 56 valence electrons. The summed E-state index contributed by atoms with van der Waals surface area (Å²) in [6, 6.07) is -0.525. The van der Waals surface area contributed by atoms with E-state index in [4.69, 9.17) is 0 Å². The molecule has 0 aliphatic carbocycles. The van der Waals surface area contributed by atoms with Gasteiger partial charge in [0.1, 0.15) is 12.3 Å². The standard InChI is InChI=1S/C7H11NO2/c9-5-6-7(10)3-1-2-4-8-6/h5-6,8H,1-4H2. The third kappa shape index (κ3) is 1.64. The summed E-state index contributed by atoms with van der Waals surface area (Å²) in [5.41, 5.74) is 0. The molecule has 0 saturated carbocycles. The maximum Gasteiger partial charge on any atom is 0.157 e. The topological polar surface area (TPSA) is 46.2 Å². The summed E-state index contributed by atoms with van der Waals surface area (Å²) in [7, 11) is 0. The minimum Gasteiger partial charge on any atom is -0.302 e. The predicted octanol–water partition coefficient (Wildman–Crippen LogP) is -0.104. The van der Waals surface area contributed by atoms with Crippen molar-refractivity contribution in [3.8, 4) is 0 Å². The summed E-state index contributed by atoms with van der Waals surface area (Å²) in [5, 5.41) is 2.86. The van der Waals surface area contributed by atoms with Crippen LogP contribution in [0.25, 0.3) is 0 Å². The highest BCUT2D eigenvalue weighted by molar-refractivity contribution is 5.97. The third-order valence-electron chi connectivity index (χ3n) is 1.70. The number of Topliss-reactive ketones (excluding diaryl/α,β-unsaturated/α-hetero) is 1. The number of hydrogen-bond acceptors (Lipinski definition) is 3. The lowest BCUT2D eigenvalue weighted by atomic mass is 10.1. The average Bonchev–Trinajstić information content (AvgIpc) is 2.13. The van der Waals surface area contributed by atoms with Crippen molar-refractivity contribution in [3.63, 3.8) is 0 Å². The molecule has 1 unspecified atom stereocenters. The molecule has 1 N–H and O–H groups in total. The molecule has 3 heteroatoms. The van der Waals surface area contributed by atoms with Crippen molar-refractivity contribution in [1.82, 2.24) is 5.32 Å². The zero-order valence-corrected chi connectivity index (χ0v) is 5.80. The van der Waals surface area contributed by atoms with Crippen LogP contribution >= 0.6 is 0 Å². The third-order valence-corrected chi connectivity index (χ3v) is 1.70. The van der Waals surface area contributed by atoms with E-state index in [0.29, 0.717) is 12.7 Å². The fraction of sp³-hybridized carbons (Fsp3) is 0.714. The molecule has 1 saturated heterocycles. The van der Waals surface area contributed by atoms with Crippen molar-refractivity contribution in [1.29, 1.82) is 0 Å². The highest BCUT2D eigenvalue weighted by Crippen LogP contribution is 2.02. The number of ketones is 1. The number of hydrogen-bond donors (Lipinski definition) is 1. The van der Waals surface area contributed by atoms with Gasteiger partial charge in [-0.15, -0.1) is 0 Å². The Morgan fingerprint density at radius 1 is 1.50 bits per heavy atom. The normalized spacial score (nSPS) is 27.6. The van der Waals surface area contributed by atoms with Crippen LogP contribution in [0.5, 0.6) is 0 Å². The minimum absolute atomic E-state index is 0.0347. The number of carbonyl (C=O) groups is 2. The average molecular weight is 141 g/mol. The van der Waals surface area contributed by atoms with E-state index in [2.05, 4.69) is 5.32 Å². The monoisotopic (exact) mass is 141 g/mol. The molecule has 1 fully saturated rings. The molecule has 1 aliphatic rings. The number of nitrogens with one attached hydrogen (secondary N) is 1. The van der Waals surface area contributed by atoms with Gasteiger partial charge in [0.05, 0.1) is 0 Å². The Morgan fingerprint density at radius 2 is 2.30 bits per heavy atom. The van der Waals surface area contributed by atoms with Crippen molar-refractivity contribution in [2.75, 3.05) is 6.54 Å². The van der Waals surface area contributed by atoms with E-state index in [1.807, 2.05) is 0 Å². The molecule has 10 heavy (non-hydrogen) atoms. The number of carbonyl (C=O) groups excluding carboxylic acids is 2. The first kappa shape index (κ1) is 7.41.